The number of carbonyl (C=O) groups excluding carboxylic acids is 1. The monoisotopic (exact) mass is 344 g/mol. The maximum absolute atomic E-state index is 13.4. The van der Waals surface area contributed by atoms with Crippen molar-refractivity contribution < 1.29 is 13.6 Å². The number of nitrogens with one attached hydrogen (secondary N) is 1. The van der Waals surface area contributed by atoms with Gasteiger partial charge >= 0.3 is 6.03 Å². The Morgan fingerprint density at radius 1 is 1.48 bits per heavy atom. The number of nitrogens with zero attached hydrogens (tertiary/aromatic N) is 3. The lowest BCUT2D eigenvalue weighted by Gasteiger charge is -2.20. The van der Waals surface area contributed by atoms with E-state index in [4.69, 9.17) is 4.42 Å². The van der Waals surface area contributed by atoms with Crippen LogP contribution in [0.15, 0.2) is 35.0 Å². The second kappa shape index (κ2) is 6.58. The Morgan fingerprint density at radius 3 is 2.92 bits per heavy atom. The predicted octanol–water partition coefficient (Wildman–Crippen LogP) is 3.52. The molecule has 2 heterocycles. The molecular formula is C18H21FN4O2. The van der Waals surface area contributed by atoms with E-state index in [1.54, 1.807) is 28.9 Å². The summed E-state index contributed by atoms with van der Waals surface area (Å²) in [7, 11) is 3.55. The zero-order valence-electron chi connectivity index (χ0n) is 14.7. The molecule has 7 heteroatoms. The topological polar surface area (TPSA) is 63.3 Å². The lowest BCUT2D eigenvalue weighted by atomic mass is 10.1. The van der Waals surface area contributed by atoms with Crippen molar-refractivity contribution >= 4 is 17.0 Å². The number of rotatable bonds is 4. The van der Waals surface area contributed by atoms with Crippen LogP contribution >= 0.6 is 0 Å². The molecule has 25 heavy (non-hydrogen) atoms. The van der Waals surface area contributed by atoms with E-state index in [0.29, 0.717) is 17.9 Å². The van der Waals surface area contributed by atoms with Crippen molar-refractivity contribution in [1.82, 2.24) is 20.0 Å². The number of aryl methyl sites for hydroxylation is 2. The molecule has 0 saturated carbocycles. The van der Waals surface area contributed by atoms with Crippen molar-refractivity contribution in [3.8, 4) is 0 Å². The number of benzene rings is 1. The van der Waals surface area contributed by atoms with Crippen LogP contribution in [0.5, 0.6) is 0 Å². The van der Waals surface area contributed by atoms with Gasteiger partial charge < -0.3 is 14.6 Å². The smallest absolute Gasteiger partial charge is 0.318 e. The van der Waals surface area contributed by atoms with Crippen LogP contribution in [0.4, 0.5) is 9.18 Å². The average Bonchev–Trinajstić information content (AvgIpc) is 3.11. The number of halogens is 1. The normalized spacial score (nSPS) is 12.4. The van der Waals surface area contributed by atoms with Gasteiger partial charge in [-0.05, 0) is 32.0 Å². The van der Waals surface area contributed by atoms with Gasteiger partial charge in [0.2, 0.25) is 0 Å². The molecule has 3 rings (SSSR count). The molecule has 1 aromatic carbocycles. The maximum atomic E-state index is 13.4. The number of hydrogen-bond acceptors (Lipinski definition) is 3. The van der Waals surface area contributed by atoms with Crippen LogP contribution in [0.1, 0.15) is 29.9 Å². The van der Waals surface area contributed by atoms with E-state index in [9.17, 15) is 9.18 Å². The Labute approximate surface area is 145 Å². The average molecular weight is 344 g/mol. The van der Waals surface area contributed by atoms with Gasteiger partial charge in [-0.2, -0.15) is 5.10 Å². The summed E-state index contributed by atoms with van der Waals surface area (Å²) in [5, 5.41) is 7.73. The number of urea groups is 1. The molecule has 1 atom stereocenters. The van der Waals surface area contributed by atoms with Crippen LogP contribution in [0.2, 0.25) is 0 Å². The highest BCUT2D eigenvalue weighted by atomic mass is 19.1. The first-order valence-corrected chi connectivity index (χ1v) is 8.03. The Hall–Kier alpha value is -2.83. The summed E-state index contributed by atoms with van der Waals surface area (Å²) in [6, 6.07) is 3.85. The summed E-state index contributed by atoms with van der Waals surface area (Å²) in [5.74, 6) is 0.319. The van der Waals surface area contributed by atoms with E-state index in [2.05, 4.69) is 10.4 Å². The number of hydrogen-bond donors (Lipinski definition) is 1. The second-order valence-corrected chi connectivity index (χ2v) is 6.28. The lowest BCUT2D eigenvalue weighted by molar-refractivity contribution is 0.202. The third kappa shape index (κ3) is 3.50. The molecular weight excluding hydrogens is 323 g/mol. The molecule has 0 spiro atoms. The molecule has 0 aliphatic rings. The summed E-state index contributed by atoms with van der Waals surface area (Å²) in [5.41, 5.74) is 2.39. The summed E-state index contributed by atoms with van der Waals surface area (Å²) in [6.07, 6.45) is 3.59. The highest BCUT2D eigenvalue weighted by Gasteiger charge is 2.20. The Balaban J connectivity index is 1.72. The van der Waals surface area contributed by atoms with Gasteiger partial charge in [0.15, 0.2) is 0 Å². The van der Waals surface area contributed by atoms with Crippen molar-refractivity contribution in [2.45, 2.75) is 26.4 Å². The summed E-state index contributed by atoms with van der Waals surface area (Å²) in [4.78, 5) is 14.0. The molecule has 6 nitrogen and oxygen atoms in total. The largest absolute Gasteiger partial charge is 0.459 e. The summed E-state index contributed by atoms with van der Waals surface area (Å²) < 4.78 is 20.9. The number of fused-ring (bicyclic) bond motifs is 1. The van der Waals surface area contributed by atoms with Gasteiger partial charge in [0.1, 0.15) is 17.2 Å². The first-order valence-electron chi connectivity index (χ1n) is 8.03. The zero-order valence-corrected chi connectivity index (χ0v) is 14.7. The molecule has 132 valence electrons. The standard InChI is InChI=1S/C18H21FN4O2/c1-11-15-7-14(19)5-6-16(15)25-17(11)12(2)21-18(24)22(3)9-13-8-20-23(4)10-13/h5-8,10,12H,9H2,1-4H3,(H,21,24)/t12-/m0/s1. The van der Waals surface area contributed by atoms with Crippen molar-refractivity contribution in [2.75, 3.05) is 7.05 Å². The molecule has 2 amide bonds. The van der Waals surface area contributed by atoms with Gasteiger partial charge in [-0.25, -0.2) is 9.18 Å². The quantitative estimate of drug-likeness (QED) is 0.788. The minimum absolute atomic E-state index is 0.220. The molecule has 0 aliphatic carbocycles. The SMILES string of the molecule is Cc1c([C@H](C)NC(=O)N(C)Cc2cnn(C)c2)oc2ccc(F)cc12. The molecule has 2 aromatic heterocycles. The van der Waals surface area contributed by atoms with E-state index in [1.807, 2.05) is 27.1 Å². The number of carbonyl (C=O) groups is 1. The van der Waals surface area contributed by atoms with Crippen LogP contribution in [0.25, 0.3) is 11.0 Å². The maximum Gasteiger partial charge on any atom is 0.318 e. The van der Waals surface area contributed by atoms with Crippen LogP contribution in [0.3, 0.4) is 0 Å². The molecule has 0 unspecified atom stereocenters. The van der Waals surface area contributed by atoms with E-state index < -0.39 is 0 Å². The fourth-order valence-electron chi connectivity index (χ4n) is 2.89. The van der Waals surface area contributed by atoms with Gasteiger partial charge in [0.05, 0.1) is 18.8 Å². The van der Waals surface area contributed by atoms with Crippen molar-refractivity contribution in [1.29, 1.82) is 0 Å². The van der Waals surface area contributed by atoms with Crippen LogP contribution in [-0.2, 0) is 13.6 Å². The van der Waals surface area contributed by atoms with E-state index >= 15 is 0 Å². The van der Waals surface area contributed by atoms with Gasteiger partial charge in [-0.3, -0.25) is 4.68 Å². The lowest BCUT2D eigenvalue weighted by Crippen LogP contribution is -2.38. The summed E-state index contributed by atoms with van der Waals surface area (Å²) in [6.45, 7) is 4.16. The minimum Gasteiger partial charge on any atom is -0.459 e. The zero-order chi connectivity index (χ0) is 18.1. The first kappa shape index (κ1) is 17.0. The fraction of sp³-hybridized carbons (Fsp3) is 0.333. The molecule has 3 aromatic rings. The van der Waals surface area contributed by atoms with Gasteiger partial charge in [-0.1, -0.05) is 0 Å². The fourth-order valence-corrected chi connectivity index (χ4v) is 2.89. The first-order chi connectivity index (χ1) is 11.8. The molecule has 0 aliphatic heterocycles. The molecule has 0 bridgehead atoms. The number of furan rings is 1. The van der Waals surface area contributed by atoms with Crippen LogP contribution in [-0.4, -0.2) is 27.8 Å². The third-order valence-corrected chi connectivity index (χ3v) is 4.19. The molecule has 1 N–H and O–H groups in total. The minimum atomic E-state index is -0.334. The summed E-state index contributed by atoms with van der Waals surface area (Å²) >= 11 is 0. The van der Waals surface area contributed by atoms with Crippen LogP contribution < -0.4 is 5.32 Å². The molecule has 0 fully saturated rings. The second-order valence-electron chi connectivity index (χ2n) is 6.28. The van der Waals surface area contributed by atoms with Crippen molar-refractivity contribution in [2.24, 2.45) is 7.05 Å². The van der Waals surface area contributed by atoms with Crippen molar-refractivity contribution in [3.63, 3.8) is 0 Å². The van der Waals surface area contributed by atoms with Gasteiger partial charge in [-0.15, -0.1) is 0 Å². The van der Waals surface area contributed by atoms with Crippen molar-refractivity contribution in [3.05, 3.63) is 53.3 Å². The third-order valence-electron chi connectivity index (χ3n) is 4.19. The van der Waals surface area contributed by atoms with Crippen LogP contribution in [0, 0.1) is 12.7 Å². The van der Waals surface area contributed by atoms with Gasteiger partial charge in [0.25, 0.3) is 0 Å². The number of aromatic nitrogens is 2. The highest BCUT2D eigenvalue weighted by Crippen LogP contribution is 2.30. The Morgan fingerprint density at radius 2 is 2.24 bits per heavy atom. The predicted molar refractivity (Wildman–Crippen MR) is 92.5 cm³/mol. The highest BCUT2D eigenvalue weighted by molar-refractivity contribution is 5.82. The Bertz CT molecular complexity index is 915. The molecule has 0 radical (unpaired) electrons. The van der Waals surface area contributed by atoms with E-state index in [1.165, 1.54) is 12.1 Å². The van der Waals surface area contributed by atoms with Gasteiger partial charge in [0, 0.05) is 36.8 Å². The molecule has 0 saturated heterocycles. The van der Waals surface area contributed by atoms with E-state index in [-0.39, 0.29) is 17.9 Å². The number of amides is 2. The Kier molecular flexibility index (Phi) is 4.48. The van der Waals surface area contributed by atoms with E-state index in [0.717, 1.165) is 16.5 Å².